The average molecular weight is 394 g/mol. The molecule has 0 spiro atoms. The van der Waals surface area contributed by atoms with Crippen LogP contribution in [0.15, 0.2) is 36.4 Å². The zero-order valence-corrected chi connectivity index (χ0v) is 14.8. The first-order valence-electron chi connectivity index (χ1n) is 6.70. The molecule has 122 valence electrons. The molecule has 0 heterocycles. The van der Waals surface area contributed by atoms with Gasteiger partial charge >= 0.3 is 5.97 Å². The Hall–Kier alpha value is -1.13. The Balaban J connectivity index is 1.78. The lowest BCUT2D eigenvalue weighted by molar-refractivity contribution is -0.134. The molecule has 0 atom stereocenters. The van der Waals surface area contributed by atoms with Gasteiger partial charge in [-0.3, -0.25) is 4.79 Å². The van der Waals surface area contributed by atoms with Gasteiger partial charge in [0.25, 0.3) is 0 Å². The summed E-state index contributed by atoms with van der Waals surface area (Å²) < 4.78 is 10.7. The number of hydrogen-bond donors (Lipinski definition) is 0. The minimum absolute atomic E-state index is 0.175. The average Bonchev–Trinajstić information content (AvgIpc) is 2.50. The molecule has 2 rings (SSSR count). The second-order valence-electron chi connectivity index (χ2n) is 4.55. The van der Waals surface area contributed by atoms with Crippen LogP contribution in [0, 0.1) is 0 Å². The van der Waals surface area contributed by atoms with Crippen molar-refractivity contribution >= 4 is 52.4 Å². The first-order chi connectivity index (χ1) is 11.0. The van der Waals surface area contributed by atoms with Crippen molar-refractivity contribution in [3.63, 3.8) is 0 Å². The van der Waals surface area contributed by atoms with E-state index in [1.54, 1.807) is 36.4 Å². The number of esters is 1. The van der Waals surface area contributed by atoms with Gasteiger partial charge in [0.2, 0.25) is 0 Å². The number of rotatable bonds is 6. The van der Waals surface area contributed by atoms with Crippen molar-refractivity contribution in [1.82, 2.24) is 0 Å². The van der Waals surface area contributed by atoms with Crippen LogP contribution in [0.25, 0.3) is 0 Å². The van der Waals surface area contributed by atoms with Crippen LogP contribution in [0.4, 0.5) is 0 Å². The normalized spacial score (nSPS) is 10.4. The number of ether oxygens (including phenoxy) is 2. The number of hydrogen-bond acceptors (Lipinski definition) is 3. The molecule has 0 unspecified atom stereocenters. The van der Waals surface area contributed by atoms with E-state index in [0.29, 0.717) is 33.8 Å². The van der Waals surface area contributed by atoms with Crippen LogP contribution < -0.4 is 9.47 Å². The van der Waals surface area contributed by atoms with E-state index in [1.807, 2.05) is 0 Å². The number of carbonyl (C=O) groups is 1. The first kappa shape index (κ1) is 18.2. The molecule has 0 saturated carbocycles. The van der Waals surface area contributed by atoms with Crippen LogP contribution >= 0.6 is 46.4 Å². The molecule has 2 aromatic carbocycles. The van der Waals surface area contributed by atoms with Crippen molar-refractivity contribution in [2.24, 2.45) is 0 Å². The summed E-state index contributed by atoms with van der Waals surface area (Å²) in [5.41, 5.74) is 0. The third kappa shape index (κ3) is 5.47. The molecule has 0 bridgehead atoms. The standard InChI is InChI=1S/C16H12Cl4O3/c17-10-6-7-13(12(19)9-10)22-8-2-5-15(21)23-14-4-1-3-11(18)16(14)20/h1,3-4,6-7,9H,2,5,8H2. The lowest BCUT2D eigenvalue weighted by Gasteiger charge is -2.09. The molecular weight excluding hydrogens is 382 g/mol. The van der Waals surface area contributed by atoms with E-state index in [-0.39, 0.29) is 17.2 Å². The van der Waals surface area contributed by atoms with Gasteiger partial charge in [0.05, 0.1) is 16.7 Å². The van der Waals surface area contributed by atoms with Gasteiger partial charge in [0.1, 0.15) is 10.8 Å². The Morgan fingerprint density at radius 3 is 2.48 bits per heavy atom. The molecule has 0 N–H and O–H groups in total. The van der Waals surface area contributed by atoms with Gasteiger partial charge in [-0.1, -0.05) is 52.5 Å². The summed E-state index contributed by atoms with van der Waals surface area (Å²) in [4.78, 5) is 11.8. The highest BCUT2D eigenvalue weighted by Crippen LogP contribution is 2.31. The highest BCUT2D eigenvalue weighted by Gasteiger charge is 2.11. The Morgan fingerprint density at radius 2 is 1.74 bits per heavy atom. The fourth-order valence-corrected chi connectivity index (χ4v) is 2.52. The van der Waals surface area contributed by atoms with Crippen LogP contribution in [0.1, 0.15) is 12.8 Å². The highest BCUT2D eigenvalue weighted by molar-refractivity contribution is 6.43. The molecule has 7 heteroatoms. The maximum atomic E-state index is 11.8. The summed E-state index contributed by atoms with van der Waals surface area (Å²) in [6.45, 7) is 0.319. The SMILES string of the molecule is O=C(CCCOc1ccc(Cl)cc1Cl)Oc1cccc(Cl)c1Cl. The summed E-state index contributed by atoms with van der Waals surface area (Å²) in [6, 6.07) is 9.80. The molecule has 3 nitrogen and oxygen atoms in total. The molecule has 0 fully saturated rings. The lowest BCUT2D eigenvalue weighted by atomic mass is 10.3. The summed E-state index contributed by atoms with van der Waals surface area (Å²) in [5.74, 6) is 0.341. The molecular formula is C16H12Cl4O3. The van der Waals surface area contributed by atoms with Crippen molar-refractivity contribution < 1.29 is 14.3 Å². The largest absolute Gasteiger partial charge is 0.492 e. The number of carbonyl (C=O) groups excluding carboxylic acids is 1. The number of halogens is 4. The van der Waals surface area contributed by atoms with E-state index in [4.69, 9.17) is 55.9 Å². The van der Waals surface area contributed by atoms with Gasteiger partial charge < -0.3 is 9.47 Å². The van der Waals surface area contributed by atoms with E-state index in [2.05, 4.69) is 0 Å². The highest BCUT2D eigenvalue weighted by atomic mass is 35.5. The van der Waals surface area contributed by atoms with Crippen molar-refractivity contribution in [2.75, 3.05) is 6.61 Å². The molecule has 0 aliphatic heterocycles. The minimum Gasteiger partial charge on any atom is -0.492 e. The van der Waals surface area contributed by atoms with E-state index in [9.17, 15) is 4.79 Å². The molecule has 0 aromatic heterocycles. The van der Waals surface area contributed by atoms with Crippen LogP contribution in [0.2, 0.25) is 20.1 Å². The smallest absolute Gasteiger partial charge is 0.311 e. The second-order valence-corrected chi connectivity index (χ2v) is 6.18. The van der Waals surface area contributed by atoms with Crippen LogP contribution in [-0.4, -0.2) is 12.6 Å². The Morgan fingerprint density at radius 1 is 0.957 bits per heavy atom. The van der Waals surface area contributed by atoms with Crippen LogP contribution in [0.5, 0.6) is 11.5 Å². The Bertz CT molecular complexity index is 704. The van der Waals surface area contributed by atoms with E-state index < -0.39 is 5.97 Å². The predicted octanol–water partition coefficient (Wildman–Crippen LogP) is 6.06. The van der Waals surface area contributed by atoms with Gasteiger partial charge in [-0.15, -0.1) is 0 Å². The summed E-state index contributed by atoms with van der Waals surface area (Å²) in [7, 11) is 0. The third-order valence-electron chi connectivity index (χ3n) is 2.82. The van der Waals surface area contributed by atoms with Gasteiger partial charge in [0.15, 0.2) is 5.75 Å². The zero-order valence-electron chi connectivity index (χ0n) is 11.8. The first-order valence-corrected chi connectivity index (χ1v) is 8.21. The summed E-state index contributed by atoms with van der Waals surface area (Å²) in [5, 5.41) is 1.50. The molecule has 2 aromatic rings. The summed E-state index contributed by atoms with van der Waals surface area (Å²) >= 11 is 23.6. The fraction of sp³-hybridized carbons (Fsp3) is 0.188. The fourth-order valence-electron chi connectivity index (χ4n) is 1.73. The predicted molar refractivity (Wildman–Crippen MR) is 93.3 cm³/mol. The summed E-state index contributed by atoms with van der Waals surface area (Å²) in [6.07, 6.45) is 0.643. The molecule has 0 aliphatic rings. The Kier molecular flexibility index (Phi) is 6.85. The van der Waals surface area contributed by atoms with Gasteiger partial charge in [0, 0.05) is 11.4 Å². The molecule has 0 aliphatic carbocycles. The van der Waals surface area contributed by atoms with E-state index in [1.165, 1.54) is 0 Å². The van der Waals surface area contributed by atoms with E-state index >= 15 is 0 Å². The zero-order chi connectivity index (χ0) is 16.8. The molecule has 0 saturated heterocycles. The molecule has 23 heavy (non-hydrogen) atoms. The minimum atomic E-state index is -0.417. The third-order valence-corrected chi connectivity index (χ3v) is 4.15. The van der Waals surface area contributed by atoms with Gasteiger partial charge in [-0.25, -0.2) is 0 Å². The van der Waals surface area contributed by atoms with Gasteiger partial charge in [-0.2, -0.15) is 0 Å². The Labute approximate surface area is 154 Å². The quantitative estimate of drug-likeness (QED) is 0.339. The van der Waals surface area contributed by atoms with Gasteiger partial charge in [-0.05, 0) is 36.8 Å². The molecule has 0 radical (unpaired) electrons. The maximum Gasteiger partial charge on any atom is 0.311 e. The van der Waals surface area contributed by atoms with Crippen molar-refractivity contribution in [1.29, 1.82) is 0 Å². The van der Waals surface area contributed by atoms with Crippen LogP contribution in [-0.2, 0) is 4.79 Å². The van der Waals surface area contributed by atoms with Crippen molar-refractivity contribution in [3.8, 4) is 11.5 Å². The lowest BCUT2D eigenvalue weighted by Crippen LogP contribution is -2.10. The monoisotopic (exact) mass is 392 g/mol. The van der Waals surface area contributed by atoms with Crippen LogP contribution in [0.3, 0.4) is 0 Å². The van der Waals surface area contributed by atoms with E-state index in [0.717, 1.165) is 0 Å². The second kappa shape index (κ2) is 8.65. The van der Waals surface area contributed by atoms with Crippen molar-refractivity contribution in [3.05, 3.63) is 56.5 Å². The topological polar surface area (TPSA) is 35.5 Å². The maximum absolute atomic E-state index is 11.8. The van der Waals surface area contributed by atoms with Crippen molar-refractivity contribution in [2.45, 2.75) is 12.8 Å². The number of benzene rings is 2. The molecule has 0 amide bonds.